The van der Waals surface area contributed by atoms with Crippen LogP contribution in [0.1, 0.15) is 0 Å². The number of benzene rings is 1. The molecule has 0 aliphatic rings. The highest BCUT2D eigenvalue weighted by atomic mass is 16.4. The van der Waals surface area contributed by atoms with E-state index in [2.05, 4.69) is 9.40 Å². The molecule has 0 amide bonds. The first-order valence-electron chi connectivity index (χ1n) is 5.51. The first-order chi connectivity index (χ1) is 8.89. The highest BCUT2D eigenvalue weighted by Gasteiger charge is 1.72. The minimum Gasteiger partial charge on any atom is -0.431 e. The van der Waals surface area contributed by atoms with Crippen LogP contribution in [0.5, 0.6) is 0 Å². The van der Waals surface area contributed by atoms with E-state index in [1.165, 1.54) is 12.3 Å². The third-order valence-electron chi connectivity index (χ3n) is 1.77. The van der Waals surface area contributed by atoms with Crippen LogP contribution in [0.4, 0.5) is 0 Å². The average molecular weight is 241 g/mol. The predicted molar refractivity (Wildman–Crippen MR) is 72.2 cm³/mol. The molecular formula is C15H15NO2. The average Bonchev–Trinajstić information content (AvgIpc) is 3.01. The topological polar surface area (TPSA) is 46.0 Å². The Morgan fingerprint density at radius 2 is 1.28 bits per heavy atom. The largest absolute Gasteiger partial charge is 0.431 e. The van der Waals surface area contributed by atoms with Crippen molar-refractivity contribution in [1.82, 2.24) is 4.98 Å². The molecule has 0 atom stereocenters. The third-order valence-corrected chi connectivity index (χ3v) is 1.77. The molecule has 1 N–H and O–H groups in total. The lowest BCUT2D eigenvalue weighted by Gasteiger charge is -1.72. The van der Waals surface area contributed by atoms with Gasteiger partial charge in [0.2, 0.25) is 0 Å². The highest BCUT2D eigenvalue weighted by Crippen LogP contribution is 1.80. The van der Waals surface area contributed by atoms with Gasteiger partial charge in [-0.25, -0.2) is 4.79 Å². The van der Waals surface area contributed by atoms with E-state index in [0.29, 0.717) is 0 Å². The second kappa shape index (κ2) is 9.66. The summed E-state index contributed by atoms with van der Waals surface area (Å²) in [6.07, 6.45) is 5.10. The lowest BCUT2D eigenvalue weighted by Crippen LogP contribution is -1.90. The lowest BCUT2D eigenvalue weighted by molar-refractivity contribution is 0.511. The van der Waals surface area contributed by atoms with Crippen LogP contribution in [-0.4, -0.2) is 4.98 Å². The molecule has 92 valence electrons. The standard InChI is InChI=1S/C6H6.C5H4O2.C4H5N/c1-2-4-6-5-3-1;6-5-3-1-2-4-7-5;1-2-4-5-3-1/h1-6H;1-4H;1-5H. The molecule has 0 radical (unpaired) electrons. The van der Waals surface area contributed by atoms with Gasteiger partial charge in [0.25, 0.3) is 0 Å². The molecule has 0 unspecified atom stereocenters. The van der Waals surface area contributed by atoms with Gasteiger partial charge in [0.15, 0.2) is 0 Å². The van der Waals surface area contributed by atoms with Crippen molar-refractivity contribution in [2.24, 2.45) is 0 Å². The van der Waals surface area contributed by atoms with Crippen LogP contribution >= 0.6 is 0 Å². The quantitative estimate of drug-likeness (QED) is 0.656. The minimum absolute atomic E-state index is 0.303. The molecule has 18 heavy (non-hydrogen) atoms. The van der Waals surface area contributed by atoms with Crippen molar-refractivity contribution in [3.05, 3.63) is 95.8 Å². The summed E-state index contributed by atoms with van der Waals surface area (Å²) in [5, 5.41) is 0. The van der Waals surface area contributed by atoms with Gasteiger partial charge in [0, 0.05) is 18.5 Å². The fourth-order valence-corrected chi connectivity index (χ4v) is 0.988. The van der Waals surface area contributed by atoms with Crippen LogP contribution in [0.25, 0.3) is 0 Å². The van der Waals surface area contributed by atoms with Crippen molar-refractivity contribution in [1.29, 1.82) is 0 Å². The lowest BCUT2D eigenvalue weighted by atomic mass is 10.4. The van der Waals surface area contributed by atoms with Crippen LogP contribution in [-0.2, 0) is 0 Å². The van der Waals surface area contributed by atoms with Gasteiger partial charge < -0.3 is 9.40 Å². The molecule has 0 saturated heterocycles. The molecule has 0 aliphatic carbocycles. The molecule has 0 saturated carbocycles. The molecule has 0 bridgehead atoms. The normalized spacial score (nSPS) is 8.22. The first kappa shape index (κ1) is 13.5. The monoisotopic (exact) mass is 241 g/mol. The summed E-state index contributed by atoms with van der Waals surface area (Å²) >= 11 is 0. The van der Waals surface area contributed by atoms with Crippen LogP contribution in [0.3, 0.4) is 0 Å². The Bertz CT molecular complexity index is 468. The van der Waals surface area contributed by atoms with Gasteiger partial charge in [-0.2, -0.15) is 0 Å². The summed E-state index contributed by atoms with van der Waals surface area (Å²) in [6.45, 7) is 0. The molecule has 3 nitrogen and oxygen atoms in total. The molecule has 2 aromatic heterocycles. The van der Waals surface area contributed by atoms with Crippen LogP contribution in [0, 0.1) is 0 Å². The molecule has 2 heterocycles. The zero-order valence-corrected chi connectivity index (χ0v) is 9.90. The van der Waals surface area contributed by atoms with Crippen molar-refractivity contribution >= 4 is 0 Å². The van der Waals surface area contributed by atoms with E-state index in [4.69, 9.17) is 0 Å². The second-order valence-corrected chi connectivity index (χ2v) is 3.16. The van der Waals surface area contributed by atoms with Gasteiger partial charge >= 0.3 is 5.63 Å². The van der Waals surface area contributed by atoms with Crippen LogP contribution in [0.15, 0.2) is 94.6 Å². The summed E-state index contributed by atoms with van der Waals surface area (Å²) < 4.78 is 4.37. The summed E-state index contributed by atoms with van der Waals surface area (Å²) in [5.74, 6) is 0. The molecule has 3 rings (SSSR count). The van der Waals surface area contributed by atoms with E-state index in [0.717, 1.165) is 0 Å². The van der Waals surface area contributed by atoms with E-state index in [1.807, 2.05) is 60.9 Å². The summed E-state index contributed by atoms with van der Waals surface area (Å²) in [7, 11) is 0. The smallest absolute Gasteiger partial charge is 0.335 e. The minimum atomic E-state index is -0.303. The summed E-state index contributed by atoms with van der Waals surface area (Å²) in [5.41, 5.74) is -0.303. The molecule has 0 aliphatic heterocycles. The number of aromatic amines is 1. The number of aromatic nitrogens is 1. The predicted octanol–water partition coefficient (Wildman–Crippen LogP) is 3.34. The van der Waals surface area contributed by atoms with Gasteiger partial charge in [0.1, 0.15) is 0 Å². The molecule has 3 heteroatoms. The van der Waals surface area contributed by atoms with Gasteiger partial charge in [-0.1, -0.05) is 42.5 Å². The SMILES string of the molecule is O=c1cccco1.c1cc[nH]c1.c1ccccc1. The summed E-state index contributed by atoms with van der Waals surface area (Å²) in [6, 6.07) is 20.5. The molecule has 0 spiro atoms. The van der Waals surface area contributed by atoms with E-state index < -0.39 is 0 Å². The van der Waals surface area contributed by atoms with Crippen molar-refractivity contribution in [2.45, 2.75) is 0 Å². The second-order valence-electron chi connectivity index (χ2n) is 3.16. The number of H-pyrrole nitrogens is 1. The van der Waals surface area contributed by atoms with Crippen molar-refractivity contribution < 1.29 is 4.42 Å². The van der Waals surface area contributed by atoms with Gasteiger partial charge in [-0.05, 0) is 18.2 Å². The zero-order valence-electron chi connectivity index (χ0n) is 9.90. The fraction of sp³-hybridized carbons (Fsp3) is 0. The third kappa shape index (κ3) is 7.70. The van der Waals surface area contributed by atoms with E-state index >= 15 is 0 Å². The molecule has 0 fully saturated rings. The maximum Gasteiger partial charge on any atom is 0.335 e. The Morgan fingerprint density at radius 1 is 0.722 bits per heavy atom. The number of hydrogen-bond acceptors (Lipinski definition) is 2. The van der Waals surface area contributed by atoms with E-state index in [-0.39, 0.29) is 5.63 Å². The first-order valence-corrected chi connectivity index (χ1v) is 5.51. The molecular weight excluding hydrogens is 226 g/mol. The number of nitrogens with one attached hydrogen (secondary N) is 1. The summed E-state index contributed by atoms with van der Waals surface area (Å²) in [4.78, 5) is 13.0. The van der Waals surface area contributed by atoms with Crippen molar-refractivity contribution in [2.75, 3.05) is 0 Å². The van der Waals surface area contributed by atoms with E-state index in [9.17, 15) is 4.79 Å². The Hall–Kier alpha value is -2.55. The van der Waals surface area contributed by atoms with Gasteiger partial charge in [-0.3, -0.25) is 0 Å². The number of rotatable bonds is 0. The molecule has 1 aromatic carbocycles. The fourth-order valence-electron chi connectivity index (χ4n) is 0.988. The Balaban J connectivity index is 0.000000137. The Labute approximate surface area is 106 Å². The van der Waals surface area contributed by atoms with Gasteiger partial charge in [-0.15, -0.1) is 0 Å². The Morgan fingerprint density at radius 3 is 1.50 bits per heavy atom. The Kier molecular flexibility index (Phi) is 7.25. The van der Waals surface area contributed by atoms with Crippen LogP contribution in [0.2, 0.25) is 0 Å². The van der Waals surface area contributed by atoms with E-state index in [1.54, 1.807) is 12.1 Å². The maximum atomic E-state index is 10.1. The van der Waals surface area contributed by atoms with Gasteiger partial charge in [0.05, 0.1) is 6.26 Å². The van der Waals surface area contributed by atoms with Crippen LogP contribution < -0.4 is 5.63 Å². The zero-order chi connectivity index (χ0) is 12.9. The highest BCUT2D eigenvalue weighted by molar-refractivity contribution is 4.99. The van der Waals surface area contributed by atoms with Crippen molar-refractivity contribution in [3.63, 3.8) is 0 Å². The maximum absolute atomic E-state index is 10.1. The number of hydrogen-bond donors (Lipinski definition) is 1. The van der Waals surface area contributed by atoms with Crippen molar-refractivity contribution in [3.8, 4) is 0 Å². The molecule has 3 aromatic rings.